The number of para-hydroxylation sites is 3. The second kappa shape index (κ2) is 14.5. The van der Waals surface area contributed by atoms with Crippen LogP contribution in [0.3, 0.4) is 0 Å². The van der Waals surface area contributed by atoms with E-state index < -0.39 is 0 Å². The summed E-state index contributed by atoms with van der Waals surface area (Å²) in [6, 6.07) is 75.5. The van der Waals surface area contributed by atoms with Crippen LogP contribution in [0.4, 0.5) is 51.2 Å². The molecule has 3 nitrogen and oxygen atoms in total. The van der Waals surface area contributed by atoms with Gasteiger partial charge in [0.05, 0.1) is 5.69 Å². The molecule has 0 saturated carbocycles. The van der Waals surface area contributed by atoms with E-state index in [2.05, 4.69) is 263 Å². The lowest BCUT2D eigenvalue weighted by Gasteiger charge is -2.46. The number of rotatable bonds is 5. The minimum absolute atomic E-state index is 0.0132. The van der Waals surface area contributed by atoms with Crippen molar-refractivity contribution in [1.29, 1.82) is 0 Å². The summed E-state index contributed by atoms with van der Waals surface area (Å²) in [5, 5.41) is 0. The standard InChI is InChI=1S/C64H54BN3/c1-62(2,3)41-37-58-61-59(38-41)68(56-32-20-27-49-47-26-15-17-29-51(47)64(6,7)60(49)56)55-31-19-18-30-53(55)65(61)54-36-34-45(66(42-21-10-8-11-22-42)43-23-12-9-13-24-43)40-57(54)67(58)44-33-35-48-46-25-14-16-28-50(46)63(4,5)52(48)39-44/h8-40H,1-7H3. The summed E-state index contributed by atoms with van der Waals surface area (Å²) < 4.78 is 0. The molecular formula is C64H54BN3. The maximum absolute atomic E-state index is 2.64. The van der Waals surface area contributed by atoms with E-state index in [0.29, 0.717) is 0 Å². The van der Waals surface area contributed by atoms with Crippen LogP contribution in [0, 0.1) is 0 Å². The van der Waals surface area contributed by atoms with Crippen molar-refractivity contribution in [1.82, 2.24) is 0 Å². The third-order valence-corrected chi connectivity index (χ3v) is 15.7. The second-order valence-corrected chi connectivity index (χ2v) is 21.4. The van der Waals surface area contributed by atoms with Crippen LogP contribution < -0.4 is 31.1 Å². The van der Waals surface area contributed by atoms with Gasteiger partial charge in [0.15, 0.2) is 0 Å². The molecule has 0 unspecified atom stereocenters. The Morgan fingerprint density at radius 2 is 0.941 bits per heavy atom. The maximum atomic E-state index is 2.64. The molecule has 2 aliphatic heterocycles. The van der Waals surface area contributed by atoms with Gasteiger partial charge in [-0.3, -0.25) is 0 Å². The molecule has 68 heavy (non-hydrogen) atoms. The van der Waals surface area contributed by atoms with Crippen molar-refractivity contribution in [2.75, 3.05) is 14.7 Å². The Balaban J connectivity index is 1.12. The third kappa shape index (κ3) is 5.73. The third-order valence-electron chi connectivity index (χ3n) is 15.7. The molecule has 0 aromatic heterocycles. The van der Waals surface area contributed by atoms with Crippen molar-refractivity contribution < 1.29 is 0 Å². The topological polar surface area (TPSA) is 9.72 Å². The van der Waals surface area contributed by atoms with E-state index >= 15 is 0 Å². The molecule has 0 bridgehead atoms. The molecule has 4 aliphatic rings. The largest absolute Gasteiger partial charge is 0.311 e. The highest BCUT2D eigenvalue weighted by atomic mass is 15.2. The molecule has 0 N–H and O–H groups in total. The average molecular weight is 876 g/mol. The zero-order chi connectivity index (χ0) is 46.3. The zero-order valence-corrected chi connectivity index (χ0v) is 40.0. The van der Waals surface area contributed by atoms with E-state index in [0.717, 1.165) is 17.1 Å². The number of nitrogens with zero attached hydrogens (tertiary/aromatic N) is 3. The van der Waals surface area contributed by atoms with E-state index in [1.165, 1.54) is 101 Å². The van der Waals surface area contributed by atoms with E-state index in [4.69, 9.17) is 0 Å². The Kier molecular flexibility index (Phi) is 8.66. The van der Waals surface area contributed by atoms with Gasteiger partial charge in [-0.25, -0.2) is 0 Å². The molecule has 13 rings (SSSR count). The van der Waals surface area contributed by atoms with E-state index in [1.807, 2.05) is 0 Å². The van der Waals surface area contributed by atoms with Gasteiger partial charge in [-0.2, -0.15) is 0 Å². The van der Waals surface area contributed by atoms with E-state index in [-0.39, 0.29) is 23.0 Å². The first-order valence-electron chi connectivity index (χ1n) is 24.3. The average Bonchev–Trinajstić information content (AvgIpc) is 3.73. The molecule has 4 heteroatoms. The molecule has 0 spiro atoms. The highest BCUT2D eigenvalue weighted by molar-refractivity contribution is 7.00. The van der Waals surface area contributed by atoms with Crippen molar-refractivity contribution in [3.8, 4) is 22.3 Å². The van der Waals surface area contributed by atoms with Gasteiger partial charge in [-0.1, -0.05) is 176 Å². The first kappa shape index (κ1) is 40.7. The summed E-state index contributed by atoms with van der Waals surface area (Å²) in [5.41, 5.74) is 26.3. The fourth-order valence-electron chi connectivity index (χ4n) is 12.5. The smallest absolute Gasteiger partial charge is 0.252 e. The number of anilines is 9. The van der Waals surface area contributed by atoms with Crippen LogP contribution in [0.2, 0.25) is 0 Å². The Morgan fingerprint density at radius 1 is 0.397 bits per heavy atom. The minimum Gasteiger partial charge on any atom is -0.311 e. The van der Waals surface area contributed by atoms with Crippen LogP contribution in [-0.2, 0) is 16.2 Å². The van der Waals surface area contributed by atoms with Gasteiger partial charge in [0.25, 0.3) is 6.71 Å². The van der Waals surface area contributed by atoms with Crippen molar-refractivity contribution in [3.63, 3.8) is 0 Å². The molecule has 0 saturated heterocycles. The molecule has 0 fully saturated rings. The van der Waals surface area contributed by atoms with Crippen molar-refractivity contribution in [3.05, 3.63) is 228 Å². The molecule has 0 amide bonds. The van der Waals surface area contributed by atoms with Gasteiger partial charge in [0.1, 0.15) is 0 Å². The second-order valence-electron chi connectivity index (χ2n) is 21.4. The SMILES string of the molecule is CC(C)(C)c1cc2c3c(c1)N(c1cccc4c1C(C)(C)c1ccccc1-4)c1ccccc1B3c1ccc(N(c3ccccc3)c3ccccc3)cc1N2c1ccc2c(c1)C(C)(C)c1ccccc1-2. The molecule has 0 radical (unpaired) electrons. The molecule has 2 heterocycles. The summed E-state index contributed by atoms with van der Waals surface area (Å²) in [7, 11) is 0. The van der Waals surface area contributed by atoms with E-state index in [1.54, 1.807) is 0 Å². The van der Waals surface area contributed by atoms with Crippen LogP contribution in [0.15, 0.2) is 200 Å². The molecular weight excluding hydrogens is 822 g/mol. The normalized spacial score (nSPS) is 15.1. The minimum atomic E-state index is -0.205. The van der Waals surface area contributed by atoms with Crippen molar-refractivity contribution in [2.45, 2.75) is 64.7 Å². The lowest BCUT2D eigenvalue weighted by Crippen LogP contribution is -2.61. The first-order chi connectivity index (χ1) is 32.9. The molecule has 328 valence electrons. The summed E-state index contributed by atoms with van der Waals surface area (Å²) in [6.07, 6.45) is 0. The molecule has 9 aromatic rings. The quantitative estimate of drug-likeness (QED) is 0.160. The number of hydrogen-bond acceptors (Lipinski definition) is 3. The lowest BCUT2D eigenvalue weighted by molar-refractivity contribution is 0.590. The summed E-state index contributed by atoms with van der Waals surface area (Å²) in [4.78, 5) is 7.66. The first-order valence-corrected chi connectivity index (χ1v) is 24.3. The number of hydrogen-bond donors (Lipinski definition) is 0. The van der Waals surface area contributed by atoms with Gasteiger partial charge < -0.3 is 14.7 Å². The lowest BCUT2D eigenvalue weighted by atomic mass is 9.33. The van der Waals surface area contributed by atoms with Gasteiger partial charge >= 0.3 is 0 Å². The number of benzene rings is 9. The molecule has 0 atom stereocenters. The van der Waals surface area contributed by atoms with Crippen LogP contribution in [0.5, 0.6) is 0 Å². The Hall–Kier alpha value is -7.56. The summed E-state index contributed by atoms with van der Waals surface area (Å²) in [6.45, 7) is 16.7. The van der Waals surface area contributed by atoms with Crippen LogP contribution in [-0.4, -0.2) is 6.71 Å². The van der Waals surface area contributed by atoms with Crippen LogP contribution >= 0.6 is 0 Å². The number of fused-ring (bicyclic) bond motifs is 10. The van der Waals surface area contributed by atoms with Crippen LogP contribution in [0.25, 0.3) is 22.3 Å². The van der Waals surface area contributed by atoms with E-state index in [9.17, 15) is 0 Å². The van der Waals surface area contributed by atoms with Gasteiger partial charge in [0.2, 0.25) is 0 Å². The van der Waals surface area contributed by atoms with Gasteiger partial charge in [-0.05, 0) is 145 Å². The molecule has 2 aliphatic carbocycles. The van der Waals surface area contributed by atoms with Crippen molar-refractivity contribution in [2.24, 2.45) is 0 Å². The Bertz CT molecular complexity index is 3490. The van der Waals surface area contributed by atoms with Gasteiger partial charge in [-0.15, -0.1) is 0 Å². The highest BCUT2D eigenvalue weighted by Gasteiger charge is 2.47. The Morgan fingerprint density at radius 3 is 1.63 bits per heavy atom. The molecule has 9 aromatic carbocycles. The van der Waals surface area contributed by atoms with Gasteiger partial charge in [0, 0.05) is 56.3 Å². The van der Waals surface area contributed by atoms with Crippen molar-refractivity contribution >= 4 is 74.3 Å². The zero-order valence-electron chi connectivity index (χ0n) is 40.0. The summed E-state index contributed by atoms with van der Waals surface area (Å²) in [5.74, 6) is 0. The fraction of sp³-hybridized carbons (Fsp3) is 0.156. The monoisotopic (exact) mass is 875 g/mol. The van der Waals surface area contributed by atoms with Crippen LogP contribution in [0.1, 0.15) is 76.3 Å². The predicted octanol–water partition coefficient (Wildman–Crippen LogP) is 15.1. The predicted molar refractivity (Wildman–Crippen MR) is 289 cm³/mol. The maximum Gasteiger partial charge on any atom is 0.252 e. The summed E-state index contributed by atoms with van der Waals surface area (Å²) >= 11 is 0. The highest BCUT2D eigenvalue weighted by Crippen LogP contribution is 2.56. The Labute approximate surface area is 402 Å². The fourth-order valence-corrected chi connectivity index (χ4v) is 12.5.